The highest BCUT2D eigenvalue weighted by Gasteiger charge is 2.23. The lowest BCUT2D eigenvalue weighted by molar-refractivity contribution is -0.135. The van der Waals surface area contributed by atoms with E-state index in [0.717, 1.165) is 24.6 Å². The van der Waals surface area contributed by atoms with Crippen LogP contribution < -0.4 is 19.5 Å². The number of halogens is 2. The second-order valence-corrected chi connectivity index (χ2v) is 8.48. The van der Waals surface area contributed by atoms with Gasteiger partial charge in [-0.05, 0) is 36.5 Å². The van der Waals surface area contributed by atoms with Crippen LogP contribution in [0.5, 0.6) is 17.2 Å². The number of nitrogens with zero attached hydrogens (tertiary/aromatic N) is 3. The predicted octanol–water partition coefficient (Wildman–Crippen LogP) is 3.79. The van der Waals surface area contributed by atoms with Crippen molar-refractivity contribution in [2.24, 2.45) is 0 Å². The summed E-state index contributed by atoms with van der Waals surface area (Å²) in [4.78, 5) is 21.7. The average Bonchev–Trinajstić information content (AvgIpc) is 2.94. The Morgan fingerprint density at radius 1 is 1.05 bits per heavy atom. The fourth-order valence-electron chi connectivity index (χ4n) is 4.20. The van der Waals surface area contributed by atoms with E-state index in [9.17, 15) is 13.6 Å². The van der Waals surface area contributed by atoms with Crippen LogP contribution >= 0.6 is 0 Å². The van der Waals surface area contributed by atoms with Gasteiger partial charge in [0.15, 0.2) is 28.9 Å². The number of hydrogen-bond acceptors (Lipinski definition) is 8. The summed E-state index contributed by atoms with van der Waals surface area (Å²) in [7, 11) is 2.56. The molecule has 2 heterocycles. The number of amides is 1. The largest absolute Gasteiger partial charge is 0.494 e. The van der Waals surface area contributed by atoms with Gasteiger partial charge >= 0.3 is 0 Å². The molecule has 1 aromatic heterocycles. The van der Waals surface area contributed by atoms with E-state index in [0.29, 0.717) is 25.0 Å². The average molecular weight is 515 g/mol. The zero-order valence-electron chi connectivity index (χ0n) is 20.5. The summed E-state index contributed by atoms with van der Waals surface area (Å²) in [5, 5.41) is 12.1. The van der Waals surface area contributed by atoms with E-state index in [2.05, 4.69) is 15.3 Å². The molecule has 1 saturated heterocycles. The molecule has 0 bridgehead atoms. The molecule has 0 spiro atoms. The number of nitrogens with one attached hydrogen (secondary N) is 1. The van der Waals surface area contributed by atoms with Crippen molar-refractivity contribution in [3.05, 3.63) is 65.5 Å². The van der Waals surface area contributed by atoms with Crippen LogP contribution in [0.2, 0.25) is 0 Å². The van der Waals surface area contributed by atoms with Crippen LogP contribution in [0.15, 0.2) is 42.7 Å². The Morgan fingerprint density at radius 3 is 2.19 bits per heavy atom. The highest BCUT2D eigenvalue weighted by atomic mass is 19.1. The normalized spacial score (nSPS) is 13.8. The van der Waals surface area contributed by atoms with Gasteiger partial charge < -0.3 is 29.5 Å². The van der Waals surface area contributed by atoms with Gasteiger partial charge in [0.1, 0.15) is 13.2 Å². The van der Waals surface area contributed by atoms with Gasteiger partial charge in [0, 0.05) is 24.8 Å². The lowest BCUT2D eigenvalue weighted by Gasteiger charge is -2.32. The number of aliphatic hydroxyl groups excluding tert-OH is 1. The third-order valence-corrected chi connectivity index (χ3v) is 6.30. The lowest BCUT2D eigenvalue weighted by Crippen LogP contribution is -2.39. The number of aromatic nitrogens is 2. The summed E-state index contributed by atoms with van der Waals surface area (Å²) < 4.78 is 44.4. The maximum atomic E-state index is 14.5. The number of piperidine rings is 1. The molecule has 1 fully saturated rings. The summed E-state index contributed by atoms with van der Waals surface area (Å²) in [5.41, 5.74) is 1.64. The molecule has 1 amide bonds. The second-order valence-electron chi connectivity index (χ2n) is 8.48. The zero-order valence-corrected chi connectivity index (χ0v) is 20.5. The minimum absolute atomic E-state index is 0.152. The first-order valence-electron chi connectivity index (χ1n) is 11.7. The van der Waals surface area contributed by atoms with Crippen molar-refractivity contribution >= 4 is 17.5 Å². The first kappa shape index (κ1) is 26.1. The SMILES string of the molecule is COc1cc(OC)c(F)c(COc2cnc(Nc3ccc(C4CCN(C(=O)CO)CC4)cc3)nc2)c1F. The molecular weight excluding hydrogens is 486 g/mol. The van der Waals surface area contributed by atoms with Gasteiger partial charge in [-0.2, -0.15) is 0 Å². The molecule has 0 unspecified atom stereocenters. The highest BCUT2D eigenvalue weighted by Crippen LogP contribution is 2.32. The number of methoxy groups -OCH3 is 2. The first-order chi connectivity index (χ1) is 17.9. The van der Waals surface area contributed by atoms with Crippen molar-refractivity contribution in [2.75, 3.05) is 39.2 Å². The van der Waals surface area contributed by atoms with Crippen LogP contribution in [-0.2, 0) is 11.4 Å². The Kier molecular flexibility index (Phi) is 8.34. The van der Waals surface area contributed by atoms with E-state index >= 15 is 0 Å². The van der Waals surface area contributed by atoms with Crippen LogP contribution in [0.4, 0.5) is 20.4 Å². The van der Waals surface area contributed by atoms with Gasteiger partial charge in [-0.25, -0.2) is 18.7 Å². The fourth-order valence-corrected chi connectivity index (χ4v) is 4.20. The number of hydrogen-bond donors (Lipinski definition) is 2. The van der Waals surface area contributed by atoms with Gasteiger partial charge in [-0.1, -0.05) is 12.1 Å². The van der Waals surface area contributed by atoms with E-state index in [4.69, 9.17) is 19.3 Å². The van der Waals surface area contributed by atoms with E-state index in [1.807, 2.05) is 24.3 Å². The Labute approximate surface area is 213 Å². The fraction of sp³-hybridized carbons (Fsp3) is 0.346. The molecule has 0 atom stereocenters. The van der Waals surface area contributed by atoms with E-state index in [1.165, 1.54) is 32.2 Å². The van der Waals surface area contributed by atoms with Crippen molar-refractivity contribution < 1.29 is 32.9 Å². The number of ether oxygens (including phenoxy) is 3. The van der Waals surface area contributed by atoms with Gasteiger partial charge in [-0.3, -0.25) is 4.79 Å². The van der Waals surface area contributed by atoms with E-state index in [-0.39, 0.29) is 28.7 Å². The minimum atomic E-state index is -0.868. The van der Waals surface area contributed by atoms with Gasteiger partial charge in [0.05, 0.1) is 32.2 Å². The third kappa shape index (κ3) is 6.05. The summed E-state index contributed by atoms with van der Waals surface area (Å²) >= 11 is 0. The monoisotopic (exact) mass is 514 g/mol. The molecule has 4 rings (SSSR count). The summed E-state index contributed by atoms with van der Waals surface area (Å²) in [5.74, 6) is -1.36. The highest BCUT2D eigenvalue weighted by molar-refractivity contribution is 5.77. The molecule has 3 aromatic rings. The summed E-state index contributed by atoms with van der Waals surface area (Å²) in [6.45, 7) is 0.415. The maximum absolute atomic E-state index is 14.5. The second kappa shape index (κ2) is 11.8. The van der Waals surface area contributed by atoms with Crippen LogP contribution in [0.3, 0.4) is 0 Å². The van der Waals surface area contributed by atoms with Crippen LogP contribution in [0.25, 0.3) is 0 Å². The van der Waals surface area contributed by atoms with Crippen LogP contribution in [-0.4, -0.2) is 59.8 Å². The Bertz CT molecular complexity index is 1190. The number of carbonyl (C=O) groups excluding carboxylic acids is 1. The maximum Gasteiger partial charge on any atom is 0.248 e. The molecule has 0 radical (unpaired) electrons. The molecule has 11 heteroatoms. The number of benzene rings is 2. The lowest BCUT2D eigenvalue weighted by atomic mass is 9.89. The molecule has 0 saturated carbocycles. The van der Waals surface area contributed by atoms with Crippen molar-refractivity contribution in [3.63, 3.8) is 0 Å². The van der Waals surface area contributed by atoms with Crippen LogP contribution in [0.1, 0.15) is 29.9 Å². The first-order valence-corrected chi connectivity index (χ1v) is 11.7. The number of carbonyl (C=O) groups is 1. The zero-order chi connectivity index (χ0) is 26.4. The Hall–Kier alpha value is -3.99. The molecule has 9 nitrogen and oxygen atoms in total. The van der Waals surface area contributed by atoms with Crippen molar-refractivity contribution in [2.45, 2.75) is 25.4 Å². The van der Waals surface area contributed by atoms with E-state index in [1.54, 1.807) is 4.90 Å². The standard InChI is InChI=1S/C26H28F2N4O5/c1-35-21-11-22(36-2)25(28)20(24(21)27)15-37-19-12-29-26(30-13-19)31-18-5-3-16(4-6-18)17-7-9-32(10-8-17)23(34)14-33/h3-6,11-13,17,33H,7-10,14-15H2,1-2H3,(H,29,30,31). The number of likely N-dealkylation sites (tertiary alicyclic amines) is 1. The number of anilines is 2. The minimum Gasteiger partial charge on any atom is -0.494 e. The third-order valence-electron chi connectivity index (χ3n) is 6.30. The molecule has 2 N–H and O–H groups in total. The summed E-state index contributed by atoms with van der Waals surface area (Å²) in [6.07, 6.45) is 4.50. The topological polar surface area (TPSA) is 106 Å². The Balaban J connectivity index is 1.33. The van der Waals surface area contributed by atoms with Crippen LogP contribution in [0, 0.1) is 11.6 Å². The molecule has 0 aliphatic carbocycles. The van der Waals surface area contributed by atoms with Crippen molar-refractivity contribution in [1.29, 1.82) is 0 Å². The molecule has 37 heavy (non-hydrogen) atoms. The molecular formula is C26H28F2N4O5. The molecule has 1 aliphatic heterocycles. The van der Waals surface area contributed by atoms with Crippen molar-refractivity contribution in [1.82, 2.24) is 14.9 Å². The molecule has 196 valence electrons. The number of aliphatic hydroxyl groups is 1. The summed E-state index contributed by atoms with van der Waals surface area (Å²) in [6, 6.07) is 9.04. The van der Waals surface area contributed by atoms with Crippen molar-refractivity contribution in [3.8, 4) is 17.2 Å². The quantitative estimate of drug-likeness (QED) is 0.444. The van der Waals surface area contributed by atoms with E-state index < -0.39 is 24.8 Å². The smallest absolute Gasteiger partial charge is 0.248 e. The predicted molar refractivity (Wildman–Crippen MR) is 131 cm³/mol. The van der Waals surface area contributed by atoms with Gasteiger partial charge in [-0.15, -0.1) is 0 Å². The number of rotatable bonds is 9. The molecule has 2 aromatic carbocycles. The Morgan fingerprint density at radius 2 is 1.65 bits per heavy atom. The van der Waals surface area contributed by atoms with Gasteiger partial charge in [0.2, 0.25) is 11.9 Å². The molecule has 1 aliphatic rings. The van der Waals surface area contributed by atoms with Gasteiger partial charge in [0.25, 0.3) is 0 Å².